The summed E-state index contributed by atoms with van der Waals surface area (Å²) >= 11 is -0.580. The van der Waals surface area contributed by atoms with Gasteiger partial charge in [0.25, 0.3) is 0 Å². The summed E-state index contributed by atoms with van der Waals surface area (Å²) in [5.41, 5.74) is 2.52. The number of amides is 1. The normalized spacial score (nSPS) is 12.5. The molecule has 0 atom stereocenters. The van der Waals surface area contributed by atoms with Crippen molar-refractivity contribution in [3.05, 3.63) is 84.8 Å². The van der Waals surface area contributed by atoms with Crippen LogP contribution in [0.2, 0.25) is 0 Å². The molecular formula is C24H18IN5O3. The molecule has 0 spiro atoms. The average Bonchev–Trinajstić information content (AvgIpc) is 3.36. The third-order valence-corrected chi connectivity index (χ3v) is 5.94. The lowest BCUT2D eigenvalue weighted by Gasteiger charge is -2.13. The zero-order valence-corrected chi connectivity index (χ0v) is 19.6. The summed E-state index contributed by atoms with van der Waals surface area (Å²) in [5.74, 6) is 2.16. The van der Waals surface area contributed by atoms with Gasteiger partial charge in [-0.3, -0.25) is 9.78 Å². The Kier molecular flexibility index (Phi) is 5.94. The average molecular weight is 551 g/mol. The van der Waals surface area contributed by atoms with E-state index in [9.17, 15) is 4.79 Å². The number of nitrogens with zero attached hydrogens (tertiary/aromatic N) is 3. The predicted octanol–water partition coefficient (Wildman–Crippen LogP) is 6.52. The van der Waals surface area contributed by atoms with E-state index in [1.165, 1.54) is 6.92 Å². The Morgan fingerprint density at radius 1 is 1.03 bits per heavy atom. The zero-order chi connectivity index (χ0) is 22.6. The van der Waals surface area contributed by atoms with E-state index in [4.69, 9.17) is 7.80 Å². The van der Waals surface area contributed by atoms with Crippen molar-refractivity contribution in [3.63, 3.8) is 0 Å². The number of anilines is 3. The van der Waals surface area contributed by atoms with Gasteiger partial charge in [-0.25, -0.2) is 0 Å². The molecule has 8 nitrogen and oxygen atoms in total. The molecule has 2 N–H and O–H groups in total. The molecule has 0 radical (unpaired) electrons. The quantitative estimate of drug-likeness (QED) is 0.265. The number of carbonyl (C=O) groups excluding carboxylic acids is 1. The number of rotatable bonds is 6. The molecule has 1 aliphatic rings. The highest BCUT2D eigenvalue weighted by atomic mass is 127. The van der Waals surface area contributed by atoms with Crippen molar-refractivity contribution in [3.8, 4) is 11.6 Å². The highest BCUT2D eigenvalue weighted by Gasteiger charge is 2.11. The minimum Gasteiger partial charge on any atom is -0.437 e. The molecule has 2 heterocycles. The maximum atomic E-state index is 11.5. The van der Waals surface area contributed by atoms with E-state index in [-0.39, 0.29) is 5.91 Å². The fourth-order valence-corrected chi connectivity index (χ4v) is 4.45. The summed E-state index contributed by atoms with van der Waals surface area (Å²) < 4.78 is 15.9. The van der Waals surface area contributed by atoms with Crippen LogP contribution in [0.4, 0.5) is 17.2 Å². The fourth-order valence-electron chi connectivity index (χ4n) is 3.39. The van der Waals surface area contributed by atoms with E-state index in [1.807, 2.05) is 60.7 Å². The van der Waals surface area contributed by atoms with Crippen LogP contribution in [0.25, 0.3) is 16.5 Å². The van der Waals surface area contributed by atoms with Crippen LogP contribution in [0.15, 0.2) is 82.4 Å². The largest absolute Gasteiger partial charge is 0.437 e. The van der Waals surface area contributed by atoms with Gasteiger partial charge in [0.15, 0.2) is 11.6 Å². The molecule has 0 bridgehead atoms. The van der Waals surface area contributed by atoms with Gasteiger partial charge in [0.1, 0.15) is 5.75 Å². The monoisotopic (exact) mass is 551 g/mol. The first-order valence-corrected chi connectivity index (χ1v) is 11.9. The van der Waals surface area contributed by atoms with Crippen LogP contribution in [0.3, 0.4) is 0 Å². The summed E-state index contributed by atoms with van der Waals surface area (Å²) in [5, 5.41) is 7.84. The molecule has 4 aromatic rings. The second kappa shape index (κ2) is 9.33. The Labute approximate surface area is 200 Å². The second-order valence-electron chi connectivity index (χ2n) is 7.13. The van der Waals surface area contributed by atoms with Crippen LogP contribution in [0.5, 0.6) is 11.6 Å². The van der Waals surface area contributed by atoms with E-state index < -0.39 is 21.4 Å². The Bertz CT molecular complexity index is 1420. The Hall–Kier alpha value is -3.86. The number of ether oxygens (including phenoxy) is 1. The van der Waals surface area contributed by atoms with Crippen molar-refractivity contribution >= 4 is 61.1 Å². The van der Waals surface area contributed by atoms with Crippen LogP contribution in [-0.4, -0.2) is 15.9 Å². The molecule has 9 heteroatoms. The number of hydrogen-bond acceptors (Lipinski definition) is 7. The number of halogens is 1. The van der Waals surface area contributed by atoms with Gasteiger partial charge in [0, 0.05) is 34.6 Å². The second-order valence-corrected chi connectivity index (χ2v) is 8.52. The number of hydrogen-bond donors (Lipinski definition) is 2. The van der Waals surface area contributed by atoms with Gasteiger partial charge in [-0.15, -0.1) is 0 Å². The molecule has 0 fully saturated rings. The lowest BCUT2D eigenvalue weighted by atomic mass is 10.1. The van der Waals surface area contributed by atoms with Crippen molar-refractivity contribution in [2.45, 2.75) is 6.92 Å². The van der Waals surface area contributed by atoms with Crippen molar-refractivity contribution in [2.24, 2.45) is 3.15 Å². The number of fused-ring (bicyclic) bond motifs is 1. The molecule has 0 aliphatic carbocycles. The van der Waals surface area contributed by atoms with Crippen LogP contribution >= 0.6 is 21.4 Å². The predicted molar refractivity (Wildman–Crippen MR) is 136 cm³/mol. The number of carbonyl (C=O) groups is 1. The van der Waals surface area contributed by atoms with Gasteiger partial charge < -0.3 is 18.4 Å². The number of nitrogens with one attached hydrogen (secondary N) is 2. The molecule has 5 rings (SSSR count). The smallest absolute Gasteiger partial charge is 0.239 e. The Morgan fingerprint density at radius 3 is 2.73 bits per heavy atom. The van der Waals surface area contributed by atoms with Gasteiger partial charge in [0.2, 0.25) is 33.2 Å². The summed E-state index contributed by atoms with van der Waals surface area (Å²) in [6, 6.07) is 19.1. The lowest BCUT2D eigenvalue weighted by molar-refractivity contribution is -0.114. The Balaban J connectivity index is 1.39. The third-order valence-electron chi connectivity index (χ3n) is 4.76. The van der Waals surface area contributed by atoms with E-state index in [2.05, 4.69) is 23.7 Å². The SMILES string of the molecule is CC(=O)Nc1ccc(Oc2cncc(Nc3cccc(C4=CN=IO4)c3)n2)c2ccccc12. The molecule has 164 valence electrons. The summed E-state index contributed by atoms with van der Waals surface area (Å²) in [6.07, 6.45) is 4.95. The third kappa shape index (κ3) is 4.82. The molecule has 1 aromatic heterocycles. The Morgan fingerprint density at radius 2 is 1.91 bits per heavy atom. The summed E-state index contributed by atoms with van der Waals surface area (Å²) in [6.45, 7) is 1.48. The molecule has 0 saturated carbocycles. The first-order chi connectivity index (χ1) is 16.2. The molecule has 0 unspecified atom stereocenters. The van der Waals surface area contributed by atoms with Gasteiger partial charge in [-0.2, -0.15) is 8.13 Å². The van der Waals surface area contributed by atoms with Crippen LogP contribution in [-0.2, 0) is 7.86 Å². The standard InChI is InChI=1S/C24H18IN5O3/c1-15(31)28-20-9-10-21(19-8-3-2-7-18(19)20)32-24-14-26-13-23(30-24)29-17-6-4-5-16(11-17)22-12-27-25-33-22/h2-14H,1H3,(H,28,31)(H,29,30). The van der Waals surface area contributed by atoms with Crippen molar-refractivity contribution in [1.82, 2.24) is 9.97 Å². The van der Waals surface area contributed by atoms with Crippen LogP contribution < -0.4 is 15.4 Å². The topological polar surface area (TPSA) is 97.7 Å². The molecular weight excluding hydrogens is 533 g/mol. The first kappa shape index (κ1) is 21.0. The number of aromatic nitrogens is 2. The molecule has 33 heavy (non-hydrogen) atoms. The minimum atomic E-state index is -0.580. The van der Waals surface area contributed by atoms with Gasteiger partial charge in [-0.1, -0.05) is 36.4 Å². The summed E-state index contributed by atoms with van der Waals surface area (Å²) in [4.78, 5) is 20.3. The highest BCUT2D eigenvalue weighted by Crippen LogP contribution is 2.34. The minimum absolute atomic E-state index is 0.130. The van der Waals surface area contributed by atoms with E-state index in [1.54, 1.807) is 18.6 Å². The highest BCUT2D eigenvalue weighted by molar-refractivity contribution is 14.1. The van der Waals surface area contributed by atoms with E-state index in [0.29, 0.717) is 17.4 Å². The van der Waals surface area contributed by atoms with Crippen molar-refractivity contribution in [1.29, 1.82) is 0 Å². The van der Waals surface area contributed by atoms with Gasteiger partial charge in [-0.05, 0) is 24.3 Å². The molecule has 0 saturated heterocycles. The summed E-state index contributed by atoms with van der Waals surface area (Å²) in [7, 11) is 0. The van der Waals surface area contributed by atoms with Gasteiger partial charge >= 0.3 is 0 Å². The molecule has 1 amide bonds. The van der Waals surface area contributed by atoms with E-state index in [0.717, 1.165) is 33.5 Å². The van der Waals surface area contributed by atoms with Crippen LogP contribution in [0.1, 0.15) is 12.5 Å². The maximum Gasteiger partial charge on any atom is 0.239 e. The fraction of sp³-hybridized carbons (Fsp3) is 0.0417. The maximum absolute atomic E-state index is 11.5. The molecule has 1 aliphatic heterocycles. The molecule has 3 aromatic carbocycles. The first-order valence-electron chi connectivity index (χ1n) is 10.0. The van der Waals surface area contributed by atoms with Crippen molar-refractivity contribution in [2.75, 3.05) is 10.6 Å². The van der Waals surface area contributed by atoms with Gasteiger partial charge in [0.05, 0.1) is 18.6 Å². The number of benzene rings is 3. The van der Waals surface area contributed by atoms with Crippen LogP contribution in [0, 0.1) is 0 Å². The van der Waals surface area contributed by atoms with E-state index >= 15 is 0 Å². The lowest BCUT2D eigenvalue weighted by Crippen LogP contribution is -2.06. The zero-order valence-electron chi connectivity index (χ0n) is 17.4. The van der Waals surface area contributed by atoms with Crippen molar-refractivity contribution < 1.29 is 12.6 Å².